The number of nitrogen functional groups attached to an aromatic ring is 1. The predicted octanol–water partition coefficient (Wildman–Crippen LogP) is -1.53. The van der Waals surface area contributed by atoms with Gasteiger partial charge in [0.05, 0.1) is 11.6 Å². The van der Waals surface area contributed by atoms with E-state index in [9.17, 15) is 0 Å². The van der Waals surface area contributed by atoms with Gasteiger partial charge in [-0.3, -0.25) is 0 Å². The molecule has 0 spiro atoms. The van der Waals surface area contributed by atoms with Crippen LogP contribution in [0, 0.1) is 0 Å². The van der Waals surface area contributed by atoms with Crippen LogP contribution in [0.3, 0.4) is 0 Å². The van der Waals surface area contributed by atoms with E-state index >= 15 is 0 Å². The smallest absolute Gasteiger partial charge is 0.180 e. The van der Waals surface area contributed by atoms with Gasteiger partial charge in [-0.15, -0.1) is 22.9 Å². The van der Waals surface area contributed by atoms with Gasteiger partial charge in [0, 0.05) is 5.38 Å². The Morgan fingerprint density at radius 2 is 2.44 bits per heavy atom. The Hall–Kier alpha value is 0.01000. The van der Waals surface area contributed by atoms with Crippen LogP contribution in [0.25, 0.3) is 0 Å². The van der Waals surface area contributed by atoms with Crippen LogP contribution in [-0.2, 0) is 5.88 Å². The maximum atomic E-state index is 5.43. The molecule has 0 aliphatic rings. The average Bonchev–Trinajstić information content (AvgIpc) is 2.14. The van der Waals surface area contributed by atoms with Crippen LogP contribution in [-0.4, -0.2) is 4.98 Å². The summed E-state index contributed by atoms with van der Waals surface area (Å²) in [7, 11) is 0. The van der Waals surface area contributed by atoms with E-state index in [0.717, 1.165) is 5.69 Å². The molecule has 0 bridgehead atoms. The van der Waals surface area contributed by atoms with Gasteiger partial charge >= 0.3 is 0 Å². The molecule has 0 atom stereocenters. The molecule has 1 heterocycles. The van der Waals surface area contributed by atoms with Crippen molar-refractivity contribution in [3.63, 3.8) is 0 Å². The molecule has 2 N–H and O–H groups in total. The zero-order valence-electron chi connectivity index (χ0n) is 4.47. The van der Waals surface area contributed by atoms with Crippen molar-refractivity contribution in [1.82, 2.24) is 4.98 Å². The first kappa shape index (κ1) is 9.01. The van der Waals surface area contributed by atoms with Crippen molar-refractivity contribution in [3.8, 4) is 0 Å². The largest absolute Gasteiger partial charge is 1.00 e. The maximum absolute atomic E-state index is 5.43. The zero-order chi connectivity index (χ0) is 5.98. The lowest BCUT2D eigenvalue weighted by atomic mass is 10.6. The highest BCUT2D eigenvalue weighted by atomic mass is 35.5. The molecule has 0 aliphatic heterocycles. The van der Waals surface area contributed by atoms with Gasteiger partial charge in [-0.1, -0.05) is 0 Å². The lowest BCUT2D eigenvalue weighted by Crippen LogP contribution is -3.00. The molecule has 0 saturated carbocycles. The Kier molecular flexibility index (Phi) is 3.93. The van der Waals surface area contributed by atoms with E-state index in [0.29, 0.717) is 11.0 Å². The molecule has 0 amide bonds. The van der Waals surface area contributed by atoms with Crippen molar-refractivity contribution in [2.24, 2.45) is 0 Å². The zero-order valence-corrected chi connectivity index (χ0v) is 6.80. The third-order valence-electron chi connectivity index (χ3n) is 0.706. The second-order valence-corrected chi connectivity index (χ2v) is 2.47. The highest BCUT2D eigenvalue weighted by molar-refractivity contribution is 7.13. The topological polar surface area (TPSA) is 38.9 Å². The fraction of sp³-hybridized carbons (Fsp3) is 0.250. The SMILES string of the molecule is Nc1nc(CCl)cs1.[Cl-]. The standard InChI is InChI=1S/C4H5ClN2S.ClH/c5-1-3-2-8-4(6)7-3;/h2H,1H2,(H2,6,7);1H/p-1. The molecule has 1 aromatic rings. The average molecular weight is 184 g/mol. The van der Waals surface area contributed by atoms with E-state index in [-0.39, 0.29) is 12.4 Å². The van der Waals surface area contributed by atoms with E-state index in [1.54, 1.807) is 0 Å². The molecule has 0 unspecified atom stereocenters. The second-order valence-electron chi connectivity index (χ2n) is 1.31. The number of nitrogens with zero attached hydrogens (tertiary/aromatic N) is 1. The molecule has 52 valence electrons. The monoisotopic (exact) mass is 183 g/mol. The van der Waals surface area contributed by atoms with Crippen LogP contribution in [0.15, 0.2) is 5.38 Å². The number of hydrogen-bond acceptors (Lipinski definition) is 3. The highest BCUT2D eigenvalue weighted by Gasteiger charge is 1.93. The molecule has 0 aromatic carbocycles. The molecule has 0 fully saturated rings. The number of rotatable bonds is 1. The van der Waals surface area contributed by atoms with Crippen molar-refractivity contribution in [2.75, 3.05) is 5.73 Å². The Morgan fingerprint density at radius 1 is 1.78 bits per heavy atom. The third-order valence-corrected chi connectivity index (χ3v) is 1.70. The summed E-state index contributed by atoms with van der Waals surface area (Å²) in [4.78, 5) is 3.89. The van der Waals surface area contributed by atoms with Crippen LogP contribution in [0.4, 0.5) is 5.13 Å². The summed E-state index contributed by atoms with van der Waals surface area (Å²) in [6.45, 7) is 0. The Labute approximate surface area is 68.5 Å². The normalized spacial score (nSPS) is 8.56. The minimum Gasteiger partial charge on any atom is -1.00 e. The molecule has 0 radical (unpaired) electrons. The molecule has 2 nitrogen and oxygen atoms in total. The van der Waals surface area contributed by atoms with Crippen LogP contribution in [0.2, 0.25) is 0 Å². The number of thiazole rings is 1. The third kappa shape index (κ3) is 2.39. The lowest BCUT2D eigenvalue weighted by molar-refractivity contribution is -0.00000167. The molecular weight excluding hydrogens is 179 g/mol. The number of aromatic nitrogens is 1. The van der Waals surface area contributed by atoms with E-state index in [1.165, 1.54) is 11.3 Å². The van der Waals surface area contributed by atoms with Crippen LogP contribution in [0.1, 0.15) is 5.69 Å². The Balaban J connectivity index is 0.000000640. The van der Waals surface area contributed by atoms with Gasteiger partial charge in [0.15, 0.2) is 5.13 Å². The van der Waals surface area contributed by atoms with Gasteiger partial charge in [-0.2, -0.15) is 0 Å². The first-order valence-corrected chi connectivity index (χ1v) is 3.50. The maximum Gasteiger partial charge on any atom is 0.180 e. The molecule has 1 rings (SSSR count). The summed E-state index contributed by atoms with van der Waals surface area (Å²) in [6.07, 6.45) is 0. The summed E-state index contributed by atoms with van der Waals surface area (Å²) in [5.74, 6) is 0.452. The predicted molar refractivity (Wildman–Crippen MR) is 36.1 cm³/mol. The quantitative estimate of drug-likeness (QED) is 0.537. The summed E-state index contributed by atoms with van der Waals surface area (Å²) in [5.41, 5.74) is 6.16. The van der Waals surface area contributed by atoms with Crippen molar-refractivity contribution < 1.29 is 12.4 Å². The number of alkyl halides is 1. The molecular formula is C4H5Cl2N2S-. The van der Waals surface area contributed by atoms with Gasteiger partial charge in [-0.25, -0.2) is 4.98 Å². The van der Waals surface area contributed by atoms with Gasteiger partial charge in [-0.05, 0) is 0 Å². The minimum absolute atomic E-state index is 0. The van der Waals surface area contributed by atoms with Gasteiger partial charge in [0.1, 0.15) is 0 Å². The van der Waals surface area contributed by atoms with Crippen molar-refractivity contribution in [3.05, 3.63) is 11.1 Å². The fourth-order valence-corrected chi connectivity index (χ4v) is 1.18. The molecule has 5 heteroatoms. The van der Waals surface area contributed by atoms with Crippen LogP contribution in [0.5, 0.6) is 0 Å². The number of anilines is 1. The first-order chi connectivity index (χ1) is 3.83. The summed E-state index contributed by atoms with van der Waals surface area (Å²) in [6, 6.07) is 0. The van der Waals surface area contributed by atoms with Gasteiger partial charge in [0.2, 0.25) is 0 Å². The highest BCUT2D eigenvalue weighted by Crippen LogP contribution is 2.11. The summed E-state index contributed by atoms with van der Waals surface area (Å²) < 4.78 is 0. The number of nitrogens with two attached hydrogens (primary N) is 1. The molecule has 1 aromatic heterocycles. The number of hydrogen-bond donors (Lipinski definition) is 1. The second kappa shape index (κ2) is 3.93. The van der Waals surface area contributed by atoms with Crippen molar-refractivity contribution >= 4 is 28.1 Å². The molecule has 0 saturated heterocycles. The molecule has 0 aliphatic carbocycles. The van der Waals surface area contributed by atoms with E-state index in [4.69, 9.17) is 17.3 Å². The van der Waals surface area contributed by atoms with E-state index < -0.39 is 0 Å². The first-order valence-electron chi connectivity index (χ1n) is 2.09. The Morgan fingerprint density at radius 3 is 2.67 bits per heavy atom. The van der Waals surface area contributed by atoms with E-state index in [2.05, 4.69) is 4.98 Å². The summed E-state index contributed by atoms with van der Waals surface area (Å²) in [5, 5.41) is 2.43. The lowest BCUT2D eigenvalue weighted by Gasteiger charge is -1.77. The van der Waals surface area contributed by atoms with E-state index in [1.807, 2.05) is 5.38 Å². The summed E-state index contributed by atoms with van der Waals surface area (Å²) >= 11 is 6.84. The minimum atomic E-state index is 0. The molecule has 9 heavy (non-hydrogen) atoms. The van der Waals surface area contributed by atoms with Crippen molar-refractivity contribution in [2.45, 2.75) is 5.88 Å². The number of halogens is 2. The van der Waals surface area contributed by atoms with Crippen molar-refractivity contribution in [1.29, 1.82) is 0 Å². The fourth-order valence-electron chi connectivity index (χ4n) is 0.384. The van der Waals surface area contributed by atoms with Gasteiger partial charge in [0.25, 0.3) is 0 Å². The van der Waals surface area contributed by atoms with Gasteiger partial charge < -0.3 is 18.1 Å². The Bertz CT molecular complexity index is 177. The van der Waals surface area contributed by atoms with Crippen LogP contribution < -0.4 is 18.1 Å². The van der Waals surface area contributed by atoms with Crippen LogP contribution >= 0.6 is 22.9 Å².